The second kappa shape index (κ2) is 5.90. The van der Waals surface area contributed by atoms with Gasteiger partial charge in [0, 0.05) is 6.07 Å². The van der Waals surface area contributed by atoms with E-state index in [1.54, 1.807) is 19.2 Å². The molecule has 128 valence electrons. The largest absolute Gasteiger partial charge is 0.496 e. The van der Waals surface area contributed by atoms with E-state index in [0.29, 0.717) is 17.2 Å². The van der Waals surface area contributed by atoms with Crippen LogP contribution in [0, 0.1) is 20.8 Å². The number of benzene rings is 2. The molecule has 0 amide bonds. The minimum atomic E-state index is -3.74. The fourth-order valence-electron chi connectivity index (χ4n) is 2.73. The normalized spacial score (nSPS) is 13.0. The molecule has 1 N–H and O–H groups in total. The number of hydrogen-bond acceptors (Lipinski definition) is 5. The average molecular weight is 349 g/mol. The van der Waals surface area contributed by atoms with Gasteiger partial charge in [-0.25, -0.2) is 8.42 Å². The standard InChI is InChI=1S/C17H19NO5S/c1-10-7-14(11(2)12(3)17(10)21-4)18-24(19,20)13-5-6-15-16(8-13)23-9-22-15/h5-8,18H,9H2,1-4H3. The zero-order valence-electron chi connectivity index (χ0n) is 14.0. The number of hydrogen-bond donors (Lipinski definition) is 1. The predicted molar refractivity (Wildman–Crippen MR) is 90.6 cm³/mol. The zero-order chi connectivity index (χ0) is 17.5. The Bertz CT molecular complexity index is 906. The van der Waals surface area contributed by atoms with Crippen LogP contribution in [0.15, 0.2) is 29.2 Å². The van der Waals surface area contributed by atoms with Crippen molar-refractivity contribution in [2.75, 3.05) is 18.6 Å². The first-order chi connectivity index (χ1) is 11.3. The molecule has 0 radical (unpaired) electrons. The maximum atomic E-state index is 12.7. The highest BCUT2D eigenvalue weighted by molar-refractivity contribution is 7.92. The summed E-state index contributed by atoms with van der Waals surface area (Å²) in [7, 11) is -2.13. The molecule has 7 heteroatoms. The Morgan fingerprint density at radius 1 is 1.04 bits per heavy atom. The summed E-state index contributed by atoms with van der Waals surface area (Å²) in [6, 6.07) is 6.32. The Balaban J connectivity index is 1.98. The van der Waals surface area contributed by atoms with Crippen molar-refractivity contribution >= 4 is 15.7 Å². The van der Waals surface area contributed by atoms with Crippen LogP contribution in [0.2, 0.25) is 0 Å². The van der Waals surface area contributed by atoms with Crippen molar-refractivity contribution in [2.24, 2.45) is 0 Å². The molecular weight excluding hydrogens is 330 g/mol. The highest BCUT2D eigenvalue weighted by Crippen LogP contribution is 2.36. The third kappa shape index (κ3) is 2.75. The van der Waals surface area contributed by atoms with Crippen molar-refractivity contribution in [2.45, 2.75) is 25.7 Å². The Morgan fingerprint density at radius 3 is 2.46 bits per heavy atom. The Labute approximate surface area is 141 Å². The van der Waals surface area contributed by atoms with Crippen molar-refractivity contribution in [3.8, 4) is 17.2 Å². The van der Waals surface area contributed by atoms with E-state index in [-0.39, 0.29) is 11.7 Å². The lowest BCUT2D eigenvalue weighted by Crippen LogP contribution is -2.14. The molecule has 3 rings (SSSR count). The lowest BCUT2D eigenvalue weighted by Gasteiger charge is -2.17. The molecule has 2 aromatic rings. The lowest BCUT2D eigenvalue weighted by molar-refractivity contribution is 0.174. The van der Waals surface area contributed by atoms with Crippen LogP contribution < -0.4 is 18.9 Å². The Morgan fingerprint density at radius 2 is 1.75 bits per heavy atom. The smallest absolute Gasteiger partial charge is 0.262 e. The first-order valence-electron chi connectivity index (χ1n) is 7.40. The molecule has 2 aromatic carbocycles. The summed E-state index contributed by atoms with van der Waals surface area (Å²) in [6.45, 7) is 5.74. The molecule has 0 bridgehead atoms. The summed E-state index contributed by atoms with van der Waals surface area (Å²) in [6.07, 6.45) is 0. The summed E-state index contributed by atoms with van der Waals surface area (Å²) in [5.41, 5.74) is 3.12. The van der Waals surface area contributed by atoms with E-state index in [0.717, 1.165) is 22.4 Å². The van der Waals surface area contributed by atoms with Crippen LogP contribution in [0.1, 0.15) is 16.7 Å². The van der Waals surface area contributed by atoms with E-state index in [4.69, 9.17) is 14.2 Å². The van der Waals surface area contributed by atoms with Gasteiger partial charge in [0.15, 0.2) is 11.5 Å². The number of anilines is 1. The van der Waals surface area contributed by atoms with Gasteiger partial charge in [0.2, 0.25) is 6.79 Å². The van der Waals surface area contributed by atoms with E-state index in [9.17, 15) is 8.42 Å². The average Bonchev–Trinajstić information content (AvgIpc) is 3.00. The highest BCUT2D eigenvalue weighted by atomic mass is 32.2. The fourth-order valence-corrected chi connectivity index (χ4v) is 3.85. The van der Waals surface area contributed by atoms with Gasteiger partial charge >= 0.3 is 0 Å². The summed E-state index contributed by atoms with van der Waals surface area (Å²) in [4.78, 5) is 0.122. The molecule has 0 unspecified atom stereocenters. The number of fused-ring (bicyclic) bond motifs is 1. The van der Waals surface area contributed by atoms with Crippen LogP contribution in [-0.2, 0) is 10.0 Å². The molecule has 24 heavy (non-hydrogen) atoms. The summed E-state index contributed by atoms with van der Waals surface area (Å²) in [5, 5.41) is 0. The molecule has 1 heterocycles. The van der Waals surface area contributed by atoms with E-state index in [1.165, 1.54) is 12.1 Å². The quantitative estimate of drug-likeness (QED) is 0.918. The van der Waals surface area contributed by atoms with Gasteiger partial charge in [-0.05, 0) is 55.7 Å². The van der Waals surface area contributed by atoms with Crippen LogP contribution in [0.5, 0.6) is 17.2 Å². The number of methoxy groups -OCH3 is 1. The third-order valence-electron chi connectivity index (χ3n) is 4.13. The van der Waals surface area contributed by atoms with Crippen LogP contribution in [0.3, 0.4) is 0 Å². The van der Waals surface area contributed by atoms with Crippen molar-refractivity contribution in [1.29, 1.82) is 0 Å². The molecule has 0 saturated carbocycles. The first-order valence-corrected chi connectivity index (χ1v) is 8.89. The van der Waals surface area contributed by atoms with Gasteiger partial charge < -0.3 is 14.2 Å². The number of rotatable bonds is 4. The first kappa shape index (κ1) is 16.4. The topological polar surface area (TPSA) is 73.9 Å². The maximum absolute atomic E-state index is 12.7. The minimum absolute atomic E-state index is 0.0994. The molecule has 0 aliphatic carbocycles. The molecule has 0 atom stereocenters. The van der Waals surface area contributed by atoms with E-state index >= 15 is 0 Å². The van der Waals surface area contributed by atoms with Crippen molar-refractivity contribution in [3.05, 3.63) is 41.0 Å². The number of sulfonamides is 1. The Hall–Kier alpha value is -2.41. The van der Waals surface area contributed by atoms with Crippen LogP contribution in [0.4, 0.5) is 5.69 Å². The minimum Gasteiger partial charge on any atom is -0.496 e. The zero-order valence-corrected chi connectivity index (χ0v) is 14.8. The van der Waals surface area contributed by atoms with Gasteiger partial charge in [0.25, 0.3) is 10.0 Å². The van der Waals surface area contributed by atoms with E-state index in [1.807, 2.05) is 20.8 Å². The van der Waals surface area contributed by atoms with Gasteiger partial charge in [0.05, 0.1) is 17.7 Å². The molecule has 1 aliphatic heterocycles. The van der Waals surface area contributed by atoms with Crippen LogP contribution in [-0.4, -0.2) is 22.3 Å². The molecule has 0 spiro atoms. The summed E-state index contributed by atoms with van der Waals surface area (Å²) >= 11 is 0. The van der Waals surface area contributed by atoms with Gasteiger partial charge in [-0.15, -0.1) is 0 Å². The van der Waals surface area contributed by atoms with Crippen molar-refractivity contribution in [1.82, 2.24) is 0 Å². The number of nitrogens with one attached hydrogen (secondary N) is 1. The van der Waals surface area contributed by atoms with Crippen molar-refractivity contribution in [3.63, 3.8) is 0 Å². The third-order valence-corrected chi connectivity index (χ3v) is 5.49. The van der Waals surface area contributed by atoms with Crippen LogP contribution >= 0.6 is 0 Å². The summed E-state index contributed by atoms with van der Waals surface area (Å²) < 4.78 is 43.9. The van der Waals surface area contributed by atoms with Gasteiger partial charge in [0.1, 0.15) is 5.75 Å². The van der Waals surface area contributed by atoms with Gasteiger partial charge in [-0.2, -0.15) is 0 Å². The monoisotopic (exact) mass is 349 g/mol. The second-order valence-corrected chi connectivity index (χ2v) is 7.33. The highest BCUT2D eigenvalue weighted by Gasteiger charge is 2.22. The maximum Gasteiger partial charge on any atom is 0.262 e. The number of aryl methyl sites for hydroxylation is 1. The van der Waals surface area contributed by atoms with Crippen molar-refractivity contribution < 1.29 is 22.6 Å². The molecule has 0 aromatic heterocycles. The molecule has 0 fully saturated rings. The lowest BCUT2D eigenvalue weighted by atomic mass is 10.0. The van der Waals surface area contributed by atoms with E-state index in [2.05, 4.69) is 4.72 Å². The molecule has 6 nitrogen and oxygen atoms in total. The van der Waals surface area contributed by atoms with Gasteiger partial charge in [-0.1, -0.05) is 0 Å². The summed E-state index contributed by atoms with van der Waals surface area (Å²) in [5.74, 6) is 1.73. The van der Waals surface area contributed by atoms with E-state index < -0.39 is 10.0 Å². The fraction of sp³-hybridized carbons (Fsp3) is 0.294. The molecule has 0 saturated heterocycles. The van der Waals surface area contributed by atoms with Gasteiger partial charge in [-0.3, -0.25) is 4.72 Å². The molecule has 1 aliphatic rings. The number of ether oxygens (including phenoxy) is 3. The predicted octanol–water partition coefficient (Wildman–Crippen LogP) is 3.15. The second-order valence-electron chi connectivity index (χ2n) is 5.64. The van der Waals surface area contributed by atoms with Crippen LogP contribution in [0.25, 0.3) is 0 Å². The SMILES string of the molecule is COc1c(C)cc(NS(=O)(=O)c2ccc3c(c2)OCO3)c(C)c1C. The molecular formula is C17H19NO5S. The Kier molecular flexibility index (Phi) is 4.04.